The average molecular weight is 266 g/mol. The second-order valence-corrected chi connectivity index (χ2v) is 5.22. The highest BCUT2D eigenvalue weighted by Crippen LogP contribution is 2.19. The quantitative estimate of drug-likeness (QED) is 0.673. The van der Waals surface area contributed by atoms with Crippen LogP contribution in [0.2, 0.25) is 0 Å². The number of nitro benzene ring substituents is 1. The van der Waals surface area contributed by atoms with Gasteiger partial charge in [-0.15, -0.1) is 0 Å². The van der Waals surface area contributed by atoms with Gasteiger partial charge in [0.1, 0.15) is 5.60 Å². The van der Waals surface area contributed by atoms with E-state index in [1.165, 1.54) is 12.1 Å². The Labute approximate surface area is 111 Å². The molecule has 0 aliphatic heterocycles. The van der Waals surface area contributed by atoms with E-state index in [1.807, 2.05) is 0 Å². The first kappa shape index (κ1) is 14.9. The van der Waals surface area contributed by atoms with E-state index in [0.717, 1.165) is 0 Å². The lowest BCUT2D eigenvalue weighted by Crippen LogP contribution is -2.34. The van der Waals surface area contributed by atoms with Gasteiger partial charge >= 0.3 is 6.09 Å². The summed E-state index contributed by atoms with van der Waals surface area (Å²) in [6.45, 7) is 7.04. The largest absolute Gasteiger partial charge is 0.444 e. The number of carbonyl (C=O) groups excluding carboxylic acids is 1. The number of non-ortho nitro benzene ring substituents is 1. The second-order valence-electron chi connectivity index (χ2n) is 5.22. The third-order valence-electron chi connectivity index (χ3n) is 2.31. The zero-order chi connectivity index (χ0) is 14.6. The molecule has 1 rings (SSSR count). The minimum absolute atomic E-state index is 0.00432. The zero-order valence-electron chi connectivity index (χ0n) is 11.5. The molecule has 0 spiro atoms. The summed E-state index contributed by atoms with van der Waals surface area (Å²) in [7, 11) is 0. The van der Waals surface area contributed by atoms with Crippen LogP contribution in [0.25, 0.3) is 0 Å². The molecule has 0 bridgehead atoms. The molecule has 0 aliphatic carbocycles. The predicted octanol–water partition coefficient (Wildman–Crippen LogP) is 3.18. The number of ether oxygens (including phenoxy) is 1. The number of hydrogen-bond donors (Lipinski definition) is 1. The molecule has 0 aliphatic rings. The monoisotopic (exact) mass is 266 g/mol. The van der Waals surface area contributed by atoms with E-state index in [2.05, 4.69) is 5.32 Å². The van der Waals surface area contributed by atoms with Crippen LogP contribution in [0.3, 0.4) is 0 Å². The third-order valence-corrected chi connectivity index (χ3v) is 2.31. The standard InChI is InChI=1S/C13H18N2O4/c1-9(14-12(16)19-13(2,3)4)10-6-5-7-11(8-10)15(17)18/h5-9H,1-4H3,(H,14,16)/t9-/m0/s1. The van der Waals surface area contributed by atoms with Crippen molar-refractivity contribution >= 4 is 11.8 Å². The van der Waals surface area contributed by atoms with Crippen LogP contribution in [-0.4, -0.2) is 16.6 Å². The van der Waals surface area contributed by atoms with Crippen LogP contribution in [0.1, 0.15) is 39.3 Å². The lowest BCUT2D eigenvalue weighted by Gasteiger charge is -2.22. The molecular weight excluding hydrogens is 248 g/mol. The molecule has 0 aromatic heterocycles. The molecule has 1 N–H and O–H groups in total. The van der Waals surface area contributed by atoms with Crippen molar-refractivity contribution in [1.82, 2.24) is 5.32 Å². The summed E-state index contributed by atoms with van der Waals surface area (Å²) in [5.74, 6) is 0. The van der Waals surface area contributed by atoms with Crippen LogP contribution in [0.5, 0.6) is 0 Å². The van der Waals surface area contributed by atoms with Gasteiger partial charge in [-0.25, -0.2) is 4.79 Å². The Bertz CT molecular complexity index is 480. The number of nitro groups is 1. The minimum atomic E-state index is -0.577. The molecule has 6 nitrogen and oxygen atoms in total. The van der Waals surface area contributed by atoms with Crippen LogP contribution in [-0.2, 0) is 4.74 Å². The first-order chi connectivity index (χ1) is 8.69. The summed E-state index contributed by atoms with van der Waals surface area (Å²) in [5, 5.41) is 13.3. The van der Waals surface area contributed by atoms with Crippen molar-refractivity contribution in [1.29, 1.82) is 0 Å². The van der Waals surface area contributed by atoms with Crippen LogP contribution < -0.4 is 5.32 Å². The van der Waals surface area contributed by atoms with Crippen LogP contribution in [0.4, 0.5) is 10.5 Å². The van der Waals surface area contributed by atoms with Gasteiger partial charge in [-0.2, -0.15) is 0 Å². The molecule has 104 valence electrons. The summed E-state index contributed by atoms with van der Waals surface area (Å²) in [5.41, 5.74) is 0.0716. The summed E-state index contributed by atoms with van der Waals surface area (Å²) in [6.07, 6.45) is -0.550. The summed E-state index contributed by atoms with van der Waals surface area (Å²) < 4.78 is 5.12. The number of nitrogens with one attached hydrogen (secondary N) is 1. The highest BCUT2D eigenvalue weighted by Gasteiger charge is 2.19. The number of benzene rings is 1. The van der Waals surface area contributed by atoms with E-state index in [0.29, 0.717) is 5.56 Å². The van der Waals surface area contributed by atoms with Crippen molar-refractivity contribution in [3.05, 3.63) is 39.9 Å². The fourth-order valence-electron chi connectivity index (χ4n) is 1.48. The molecule has 0 heterocycles. The van der Waals surface area contributed by atoms with Gasteiger partial charge in [0.2, 0.25) is 0 Å². The van der Waals surface area contributed by atoms with E-state index in [1.54, 1.807) is 39.8 Å². The lowest BCUT2D eigenvalue weighted by atomic mass is 10.1. The normalized spacial score (nSPS) is 12.6. The molecule has 1 atom stereocenters. The number of amides is 1. The first-order valence-corrected chi connectivity index (χ1v) is 5.93. The molecule has 0 unspecified atom stereocenters. The van der Waals surface area contributed by atoms with Crippen LogP contribution in [0.15, 0.2) is 24.3 Å². The maximum atomic E-state index is 11.6. The number of rotatable bonds is 3. The van der Waals surface area contributed by atoms with Gasteiger partial charge in [-0.05, 0) is 33.3 Å². The molecule has 6 heteroatoms. The van der Waals surface area contributed by atoms with E-state index in [4.69, 9.17) is 4.74 Å². The van der Waals surface area contributed by atoms with Crippen molar-refractivity contribution in [2.75, 3.05) is 0 Å². The van der Waals surface area contributed by atoms with Gasteiger partial charge in [0.25, 0.3) is 5.69 Å². The topological polar surface area (TPSA) is 81.5 Å². The lowest BCUT2D eigenvalue weighted by molar-refractivity contribution is -0.384. The molecule has 19 heavy (non-hydrogen) atoms. The molecule has 0 fully saturated rings. The summed E-state index contributed by atoms with van der Waals surface area (Å²) in [4.78, 5) is 21.8. The number of nitrogens with zero attached hydrogens (tertiary/aromatic N) is 1. The molecule has 1 aromatic carbocycles. The summed E-state index contributed by atoms with van der Waals surface area (Å²) in [6, 6.07) is 5.77. The predicted molar refractivity (Wildman–Crippen MR) is 70.9 cm³/mol. The highest BCUT2D eigenvalue weighted by atomic mass is 16.6. The molecule has 0 saturated heterocycles. The van der Waals surface area contributed by atoms with Crippen molar-refractivity contribution in [2.45, 2.75) is 39.3 Å². The van der Waals surface area contributed by atoms with Gasteiger partial charge in [0.05, 0.1) is 11.0 Å². The fourth-order valence-corrected chi connectivity index (χ4v) is 1.48. The number of hydrogen-bond acceptors (Lipinski definition) is 4. The Morgan fingerprint density at radius 3 is 2.58 bits per heavy atom. The Morgan fingerprint density at radius 1 is 1.42 bits per heavy atom. The third kappa shape index (κ3) is 4.95. The Hall–Kier alpha value is -2.11. The first-order valence-electron chi connectivity index (χ1n) is 5.93. The molecule has 0 radical (unpaired) electrons. The number of carbonyl (C=O) groups is 1. The van der Waals surface area contributed by atoms with Gasteiger partial charge in [0, 0.05) is 12.1 Å². The van der Waals surface area contributed by atoms with E-state index >= 15 is 0 Å². The van der Waals surface area contributed by atoms with Gasteiger partial charge < -0.3 is 10.1 Å². The second kappa shape index (κ2) is 5.69. The van der Waals surface area contributed by atoms with E-state index in [9.17, 15) is 14.9 Å². The van der Waals surface area contributed by atoms with E-state index in [-0.39, 0.29) is 11.7 Å². The smallest absolute Gasteiger partial charge is 0.408 e. The van der Waals surface area contributed by atoms with Gasteiger partial charge in [0.15, 0.2) is 0 Å². The molecule has 1 amide bonds. The average Bonchev–Trinajstić information content (AvgIpc) is 2.26. The molecular formula is C13H18N2O4. The van der Waals surface area contributed by atoms with Gasteiger partial charge in [-0.3, -0.25) is 10.1 Å². The van der Waals surface area contributed by atoms with E-state index < -0.39 is 16.6 Å². The van der Waals surface area contributed by atoms with Crippen molar-refractivity contribution < 1.29 is 14.5 Å². The van der Waals surface area contributed by atoms with Crippen LogP contribution >= 0.6 is 0 Å². The minimum Gasteiger partial charge on any atom is -0.444 e. The maximum Gasteiger partial charge on any atom is 0.408 e. The van der Waals surface area contributed by atoms with Crippen molar-refractivity contribution in [2.24, 2.45) is 0 Å². The number of alkyl carbamates (subject to hydrolysis) is 1. The SMILES string of the molecule is C[C@H](NC(=O)OC(C)(C)C)c1cccc([N+](=O)[O-])c1. The zero-order valence-corrected chi connectivity index (χ0v) is 11.5. The van der Waals surface area contributed by atoms with Gasteiger partial charge in [-0.1, -0.05) is 12.1 Å². The Morgan fingerprint density at radius 2 is 2.05 bits per heavy atom. The molecule has 0 saturated carbocycles. The Balaban J connectivity index is 2.73. The fraction of sp³-hybridized carbons (Fsp3) is 0.462. The molecule has 1 aromatic rings. The van der Waals surface area contributed by atoms with Crippen molar-refractivity contribution in [3.8, 4) is 0 Å². The highest BCUT2D eigenvalue weighted by molar-refractivity contribution is 5.68. The van der Waals surface area contributed by atoms with Crippen LogP contribution in [0, 0.1) is 10.1 Å². The summed E-state index contributed by atoms with van der Waals surface area (Å²) >= 11 is 0. The Kier molecular flexibility index (Phi) is 4.47. The maximum absolute atomic E-state index is 11.6. The van der Waals surface area contributed by atoms with Crippen molar-refractivity contribution in [3.63, 3.8) is 0 Å².